The van der Waals surface area contributed by atoms with Gasteiger partial charge in [-0.15, -0.1) is 0 Å². The third-order valence-electron chi connectivity index (χ3n) is 2.19. The lowest BCUT2D eigenvalue weighted by molar-refractivity contribution is -0.138. The van der Waals surface area contributed by atoms with Gasteiger partial charge < -0.3 is 15.9 Å². The minimum absolute atomic E-state index is 0.00977. The summed E-state index contributed by atoms with van der Waals surface area (Å²) in [5.74, 6) is -1.73. The van der Waals surface area contributed by atoms with Gasteiger partial charge in [-0.3, -0.25) is 4.79 Å². The number of aromatic hydroxyl groups is 1. The predicted octanol–water partition coefficient (Wildman–Crippen LogP) is 1.59. The Labute approximate surface area is 95.8 Å². The topological polar surface area (TPSA) is 83.6 Å². The summed E-state index contributed by atoms with van der Waals surface area (Å²) >= 11 is 3.19. The Hall–Kier alpha value is -1.07. The van der Waals surface area contributed by atoms with Gasteiger partial charge in [0.25, 0.3) is 0 Å². The number of rotatable bonds is 3. The van der Waals surface area contributed by atoms with Gasteiger partial charge in [-0.25, -0.2) is 0 Å². The molecule has 4 nitrogen and oxygen atoms in total. The average molecular weight is 274 g/mol. The van der Waals surface area contributed by atoms with E-state index < -0.39 is 11.9 Å². The monoisotopic (exact) mass is 273 g/mol. The van der Waals surface area contributed by atoms with Crippen LogP contribution in [-0.4, -0.2) is 22.7 Å². The summed E-state index contributed by atoms with van der Waals surface area (Å²) in [6.07, 6.45) is 0. The highest BCUT2D eigenvalue weighted by molar-refractivity contribution is 9.10. The van der Waals surface area contributed by atoms with Crippen LogP contribution in [0.15, 0.2) is 16.6 Å². The number of halogens is 1. The van der Waals surface area contributed by atoms with Crippen LogP contribution in [0.25, 0.3) is 0 Å². The van der Waals surface area contributed by atoms with Crippen LogP contribution in [0.1, 0.15) is 17.0 Å². The van der Waals surface area contributed by atoms with Crippen LogP contribution in [0, 0.1) is 6.92 Å². The number of phenolic OH excluding ortho intramolecular Hbond substituents is 1. The highest BCUT2D eigenvalue weighted by Gasteiger charge is 2.19. The van der Waals surface area contributed by atoms with Crippen molar-refractivity contribution in [2.24, 2.45) is 5.73 Å². The molecule has 5 heteroatoms. The number of carboxylic acids is 1. The molecule has 0 aliphatic rings. The average Bonchev–Trinajstić information content (AvgIpc) is 2.14. The standard InChI is InChI=1S/C10H12BrNO3/c1-5-2-6(3-8(13)9(5)11)7(4-12)10(14)15/h2-3,7,13H,4,12H2,1H3,(H,14,15). The number of nitrogens with two attached hydrogens (primary N) is 1. The van der Waals surface area contributed by atoms with E-state index in [0.29, 0.717) is 10.0 Å². The van der Waals surface area contributed by atoms with Gasteiger partial charge in [-0.05, 0) is 40.0 Å². The molecule has 1 aromatic carbocycles. The minimum atomic E-state index is -0.987. The molecule has 0 heterocycles. The zero-order valence-corrected chi connectivity index (χ0v) is 9.78. The largest absolute Gasteiger partial charge is 0.507 e. The summed E-state index contributed by atoms with van der Waals surface area (Å²) in [6, 6.07) is 3.12. The molecule has 0 saturated carbocycles. The van der Waals surface area contributed by atoms with Gasteiger partial charge in [0, 0.05) is 6.54 Å². The van der Waals surface area contributed by atoms with Crippen molar-refractivity contribution in [1.29, 1.82) is 0 Å². The fraction of sp³-hybridized carbons (Fsp3) is 0.300. The van der Waals surface area contributed by atoms with E-state index in [-0.39, 0.29) is 12.3 Å². The first-order valence-corrected chi connectivity index (χ1v) is 5.18. The van der Waals surface area contributed by atoms with Crippen LogP contribution in [-0.2, 0) is 4.79 Å². The van der Waals surface area contributed by atoms with E-state index >= 15 is 0 Å². The SMILES string of the molecule is Cc1cc(C(CN)C(=O)O)cc(O)c1Br. The smallest absolute Gasteiger partial charge is 0.312 e. The quantitative estimate of drug-likeness (QED) is 0.781. The predicted molar refractivity (Wildman–Crippen MR) is 60.0 cm³/mol. The van der Waals surface area contributed by atoms with Crippen molar-refractivity contribution in [3.05, 3.63) is 27.7 Å². The molecule has 4 N–H and O–H groups in total. The maximum atomic E-state index is 10.9. The van der Waals surface area contributed by atoms with E-state index in [4.69, 9.17) is 10.8 Å². The van der Waals surface area contributed by atoms with E-state index in [0.717, 1.165) is 5.56 Å². The first-order chi connectivity index (χ1) is 6.97. The van der Waals surface area contributed by atoms with Gasteiger partial charge in [-0.1, -0.05) is 6.07 Å². The van der Waals surface area contributed by atoms with E-state index in [1.54, 1.807) is 13.0 Å². The van der Waals surface area contributed by atoms with Crippen molar-refractivity contribution < 1.29 is 15.0 Å². The molecule has 1 aromatic rings. The molecule has 0 saturated heterocycles. The Morgan fingerprint density at radius 1 is 1.60 bits per heavy atom. The Morgan fingerprint density at radius 2 is 2.20 bits per heavy atom. The molecule has 82 valence electrons. The molecule has 1 unspecified atom stereocenters. The summed E-state index contributed by atoms with van der Waals surface area (Å²) in [7, 11) is 0. The third-order valence-corrected chi connectivity index (χ3v) is 3.23. The lowest BCUT2D eigenvalue weighted by Crippen LogP contribution is -2.21. The van der Waals surface area contributed by atoms with Crippen LogP contribution in [0.3, 0.4) is 0 Å². The highest BCUT2D eigenvalue weighted by Crippen LogP contribution is 2.31. The first kappa shape index (κ1) is 12.0. The normalized spacial score (nSPS) is 12.5. The summed E-state index contributed by atoms with van der Waals surface area (Å²) in [6.45, 7) is 1.79. The Morgan fingerprint density at radius 3 is 2.60 bits per heavy atom. The maximum Gasteiger partial charge on any atom is 0.312 e. The van der Waals surface area contributed by atoms with E-state index in [9.17, 15) is 9.90 Å². The number of carboxylic acid groups (broad SMARTS) is 1. The van der Waals surface area contributed by atoms with Crippen molar-refractivity contribution >= 4 is 21.9 Å². The second kappa shape index (κ2) is 4.63. The number of carbonyl (C=O) groups is 1. The summed E-state index contributed by atoms with van der Waals surface area (Å²) in [5.41, 5.74) is 6.67. The second-order valence-electron chi connectivity index (χ2n) is 3.30. The Bertz CT molecular complexity index is 369. The zero-order valence-electron chi connectivity index (χ0n) is 8.20. The molecule has 0 amide bonds. The number of hydrogen-bond donors (Lipinski definition) is 3. The van der Waals surface area contributed by atoms with Gasteiger partial charge in [-0.2, -0.15) is 0 Å². The van der Waals surface area contributed by atoms with Crippen molar-refractivity contribution in [1.82, 2.24) is 0 Å². The Balaban J connectivity index is 3.20. The van der Waals surface area contributed by atoms with E-state index in [2.05, 4.69) is 15.9 Å². The fourth-order valence-electron chi connectivity index (χ4n) is 1.36. The second-order valence-corrected chi connectivity index (χ2v) is 4.09. The molecular weight excluding hydrogens is 262 g/mol. The van der Waals surface area contributed by atoms with Crippen LogP contribution in [0.2, 0.25) is 0 Å². The van der Waals surface area contributed by atoms with Crippen LogP contribution in [0.5, 0.6) is 5.75 Å². The van der Waals surface area contributed by atoms with Gasteiger partial charge in [0.15, 0.2) is 0 Å². The van der Waals surface area contributed by atoms with Gasteiger partial charge in [0.05, 0.1) is 10.4 Å². The molecule has 0 spiro atoms. The highest BCUT2D eigenvalue weighted by atomic mass is 79.9. The molecule has 0 fully saturated rings. The first-order valence-electron chi connectivity index (χ1n) is 4.39. The molecule has 15 heavy (non-hydrogen) atoms. The molecule has 0 aromatic heterocycles. The number of aliphatic carboxylic acids is 1. The molecule has 1 rings (SSSR count). The third kappa shape index (κ3) is 2.49. The summed E-state index contributed by atoms with van der Waals surface area (Å²) in [5, 5.41) is 18.4. The fourth-order valence-corrected chi connectivity index (χ4v) is 1.59. The van der Waals surface area contributed by atoms with E-state index in [1.807, 2.05) is 0 Å². The minimum Gasteiger partial charge on any atom is -0.507 e. The van der Waals surface area contributed by atoms with E-state index in [1.165, 1.54) is 6.07 Å². The van der Waals surface area contributed by atoms with Crippen molar-refractivity contribution in [2.75, 3.05) is 6.54 Å². The lowest BCUT2D eigenvalue weighted by Gasteiger charge is -2.12. The Kier molecular flexibility index (Phi) is 3.71. The number of benzene rings is 1. The maximum absolute atomic E-state index is 10.9. The van der Waals surface area contributed by atoms with Crippen LogP contribution < -0.4 is 5.73 Å². The molecule has 0 radical (unpaired) electrons. The summed E-state index contributed by atoms with van der Waals surface area (Å²) in [4.78, 5) is 10.9. The van der Waals surface area contributed by atoms with Crippen LogP contribution in [0.4, 0.5) is 0 Å². The summed E-state index contributed by atoms with van der Waals surface area (Å²) < 4.78 is 0.576. The van der Waals surface area contributed by atoms with Crippen LogP contribution >= 0.6 is 15.9 Å². The zero-order chi connectivity index (χ0) is 11.6. The van der Waals surface area contributed by atoms with Crippen molar-refractivity contribution in [3.63, 3.8) is 0 Å². The van der Waals surface area contributed by atoms with Gasteiger partial charge in [0.2, 0.25) is 0 Å². The van der Waals surface area contributed by atoms with Gasteiger partial charge >= 0.3 is 5.97 Å². The number of aryl methyl sites for hydroxylation is 1. The number of hydrogen-bond acceptors (Lipinski definition) is 3. The number of phenols is 1. The molecule has 0 aliphatic heterocycles. The molecule has 0 bridgehead atoms. The molecule has 1 atom stereocenters. The van der Waals surface area contributed by atoms with Crippen molar-refractivity contribution in [2.45, 2.75) is 12.8 Å². The van der Waals surface area contributed by atoms with Gasteiger partial charge in [0.1, 0.15) is 5.75 Å². The lowest BCUT2D eigenvalue weighted by atomic mass is 9.97. The van der Waals surface area contributed by atoms with Crippen molar-refractivity contribution in [3.8, 4) is 5.75 Å². The molecule has 0 aliphatic carbocycles. The molecular formula is C10H12BrNO3.